The van der Waals surface area contributed by atoms with Gasteiger partial charge in [0.15, 0.2) is 0 Å². The molecule has 0 spiro atoms. The van der Waals surface area contributed by atoms with Gasteiger partial charge in [-0.15, -0.1) is 12.4 Å². The minimum absolute atomic E-state index is 0. The molecular formula is C8H11ClFN. The van der Waals surface area contributed by atoms with E-state index in [9.17, 15) is 4.39 Å². The van der Waals surface area contributed by atoms with Crippen molar-refractivity contribution in [3.63, 3.8) is 0 Å². The van der Waals surface area contributed by atoms with E-state index < -0.39 is 0 Å². The third kappa shape index (κ3) is 2.87. The molecule has 0 saturated heterocycles. The van der Waals surface area contributed by atoms with Crippen LogP contribution in [-0.4, -0.2) is 6.54 Å². The SMILES string of the molecule is Cl.NCCc1ccccc1F. The quantitative estimate of drug-likeness (QED) is 0.728. The molecule has 1 rings (SSSR count). The molecule has 1 aromatic carbocycles. The maximum atomic E-state index is 12.7. The lowest BCUT2D eigenvalue weighted by Crippen LogP contribution is -2.03. The van der Waals surface area contributed by atoms with Crippen molar-refractivity contribution in [2.75, 3.05) is 6.54 Å². The van der Waals surface area contributed by atoms with Crippen molar-refractivity contribution < 1.29 is 4.39 Å². The largest absolute Gasteiger partial charge is 0.330 e. The van der Waals surface area contributed by atoms with Crippen LogP contribution in [0.5, 0.6) is 0 Å². The highest BCUT2D eigenvalue weighted by Gasteiger charge is 1.96. The number of halogens is 2. The average Bonchev–Trinajstić information content (AvgIpc) is 1.94. The summed E-state index contributed by atoms with van der Waals surface area (Å²) < 4.78 is 12.7. The maximum absolute atomic E-state index is 12.7. The zero-order valence-electron chi connectivity index (χ0n) is 6.09. The van der Waals surface area contributed by atoms with Crippen molar-refractivity contribution in [1.82, 2.24) is 0 Å². The zero-order valence-corrected chi connectivity index (χ0v) is 6.90. The van der Waals surface area contributed by atoms with Gasteiger partial charge in [-0.05, 0) is 24.6 Å². The first kappa shape index (κ1) is 10.4. The molecular weight excluding hydrogens is 165 g/mol. The number of benzene rings is 1. The summed E-state index contributed by atoms with van der Waals surface area (Å²) in [5, 5.41) is 0. The number of nitrogens with two attached hydrogens (primary N) is 1. The van der Waals surface area contributed by atoms with Crippen LogP contribution in [0, 0.1) is 5.82 Å². The molecule has 2 N–H and O–H groups in total. The van der Waals surface area contributed by atoms with Crippen molar-refractivity contribution in [2.24, 2.45) is 5.73 Å². The maximum Gasteiger partial charge on any atom is 0.126 e. The third-order valence-electron chi connectivity index (χ3n) is 1.37. The second-order valence-corrected chi connectivity index (χ2v) is 2.13. The van der Waals surface area contributed by atoms with Gasteiger partial charge < -0.3 is 5.73 Å². The van der Waals surface area contributed by atoms with Gasteiger partial charge in [-0.25, -0.2) is 4.39 Å². The third-order valence-corrected chi connectivity index (χ3v) is 1.37. The van der Waals surface area contributed by atoms with Crippen molar-refractivity contribution in [1.29, 1.82) is 0 Å². The molecule has 0 amide bonds. The van der Waals surface area contributed by atoms with E-state index in [1.807, 2.05) is 6.07 Å². The van der Waals surface area contributed by atoms with Gasteiger partial charge in [0, 0.05) is 0 Å². The lowest BCUT2D eigenvalue weighted by Gasteiger charge is -1.97. The minimum atomic E-state index is -0.159. The first-order valence-corrected chi connectivity index (χ1v) is 3.28. The fourth-order valence-corrected chi connectivity index (χ4v) is 0.857. The molecule has 0 saturated carbocycles. The van der Waals surface area contributed by atoms with Gasteiger partial charge in [-0.1, -0.05) is 18.2 Å². The molecule has 0 bridgehead atoms. The van der Waals surface area contributed by atoms with E-state index in [1.165, 1.54) is 6.07 Å². The topological polar surface area (TPSA) is 26.0 Å². The van der Waals surface area contributed by atoms with Crippen LogP contribution in [0.4, 0.5) is 4.39 Å². The normalized spacial score (nSPS) is 8.91. The summed E-state index contributed by atoms with van der Waals surface area (Å²) in [5.74, 6) is -0.159. The predicted molar refractivity (Wildman–Crippen MR) is 46.4 cm³/mol. The molecule has 0 fully saturated rings. The monoisotopic (exact) mass is 175 g/mol. The molecule has 62 valence electrons. The Morgan fingerprint density at radius 2 is 1.91 bits per heavy atom. The molecule has 0 unspecified atom stereocenters. The molecule has 1 nitrogen and oxygen atoms in total. The fraction of sp³-hybridized carbons (Fsp3) is 0.250. The van der Waals surface area contributed by atoms with Crippen molar-refractivity contribution in [3.8, 4) is 0 Å². The van der Waals surface area contributed by atoms with E-state index in [4.69, 9.17) is 5.73 Å². The van der Waals surface area contributed by atoms with Crippen LogP contribution in [0.15, 0.2) is 24.3 Å². The summed E-state index contributed by atoms with van der Waals surface area (Å²) in [6, 6.07) is 6.69. The number of hydrogen-bond donors (Lipinski definition) is 1. The summed E-state index contributed by atoms with van der Waals surface area (Å²) >= 11 is 0. The molecule has 1 aromatic rings. The standard InChI is InChI=1S/C8H10FN.ClH/c9-8-4-2-1-3-7(8)5-6-10;/h1-4H,5-6,10H2;1H. The van der Waals surface area contributed by atoms with Crippen LogP contribution in [0.3, 0.4) is 0 Å². The van der Waals surface area contributed by atoms with Crippen LogP contribution in [0.2, 0.25) is 0 Å². The molecule has 0 heterocycles. The highest BCUT2D eigenvalue weighted by molar-refractivity contribution is 5.85. The number of rotatable bonds is 2. The minimum Gasteiger partial charge on any atom is -0.330 e. The summed E-state index contributed by atoms with van der Waals surface area (Å²) in [5.41, 5.74) is 5.96. The molecule has 0 radical (unpaired) electrons. The number of hydrogen-bond acceptors (Lipinski definition) is 1. The molecule has 0 aliphatic rings. The lowest BCUT2D eigenvalue weighted by atomic mass is 10.1. The zero-order chi connectivity index (χ0) is 7.40. The molecule has 0 aromatic heterocycles. The predicted octanol–water partition coefficient (Wildman–Crippen LogP) is 1.75. The summed E-state index contributed by atoms with van der Waals surface area (Å²) in [4.78, 5) is 0. The van der Waals surface area contributed by atoms with Crippen molar-refractivity contribution >= 4 is 12.4 Å². The van der Waals surface area contributed by atoms with Gasteiger partial charge in [0.25, 0.3) is 0 Å². The van der Waals surface area contributed by atoms with Gasteiger partial charge in [0.1, 0.15) is 5.82 Å². The van der Waals surface area contributed by atoms with E-state index >= 15 is 0 Å². The van der Waals surface area contributed by atoms with Gasteiger partial charge in [-0.2, -0.15) is 0 Å². The van der Waals surface area contributed by atoms with Crippen molar-refractivity contribution in [3.05, 3.63) is 35.6 Å². The first-order valence-electron chi connectivity index (χ1n) is 3.28. The Bertz CT molecular complexity index is 215. The van der Waals surface area contributed by atoms with E-state index in [2.05, 4.69) is 0 Å². The Labute approximate surface area is 71.8 Å². The van der Waals surface area contributed by atoms with Gasteiger partial charge in [0.05, 0.1) is 0 Å². The van der Waals surface area contributed by atoms with E-state index in [1.54, 1.807) is 12.1 Å². The second-order valence-electron chi connectivity index (χ2n) is 2.13. The van der Waals surface area contributed by atoms with Crippen LogP contribution >= 0.6 is 12.4 Å². The average molecular weight is 176 g/mol. The Morgan fingerprint density at radius 3 is 2.45 bits per heavy atom. The second kappa shape index (κ2) is 5.10. The van der Waals surface area contributed by atoms with Gasteiger partial charge >= 0.3 is 0 Å². The van der Waals surface area contributed by atoms with Crippen LogP contribution in [-0.2, 0) is 6.42 Å². The van der Waals surface area contributed by atoms with Gasteiger partial charge in [0.2, 0.25) is 0 Å². The summed E-state index contributed by atoms with van der Waals surface area (Å²) in [6.07, 6.45) is 0.618. The highest BCUT2D eigenvalue weighted by atomic mass is 35.5. The highest BCUT2D eigenvalue weighted by Crippen LogP contribution is 2.05. The molecule has 0 atom stereocenters. The molecule has 11 heavy (non-hydrogen) atoms. The van der Waals surface area contributed by atoms with E-state index in [-0.39, 0.29) is 18.2 Å². The summed E-state index contributed by atoms with van der Waals surface area (Å²) in [6.45, 7) is 0.501. The van der Waals surface area contributed by atoms with Crippen LogP contribution in [0.1, 0.15) is 5.56 Å². The Morgan fingerprint density at radius 1 is 1.27 bits per heavy atom. The molecule has 3 heteroatoms. The Hall–Kier alpha value is -0.600. The smallest absolute Gasteiger partial charge is 0.126 e. The van der Waals surface area contributed by atoms with Crippen LogP contribution in [0.25, 0.3) is 0 Å². The van der Waals surface area contributed by atoms with Crippen LogP contribution < -0.4 is 5.73 Å². The summed E-state index contributed by atoms with van der Waals surface area (Å²) in [7, 11) is 0. The molecule has 0 aliphatic carbocycles. The molecule has 0 aliphatic heterocycles. The Balaban J connectivity index is 0.000001000. The van der Waals surface area contributed by atoms with Gasteiger partial charge in [-0.3, -0.25) is 0 Å². The lowest BCUT2D eigenvalue weighted by molar-refractivity contribution is 0.609. The Kier molecular flexibility index (Phi) is 4.83. The first-order chi connectivity index (χ1) is 4.84. The fourth-order valence-electron chi connectivity index (χ4n) is 0.857. The van der Waals surface area contributed by atoms with Crippen molar-refractivity contribution in [2.45, 2.75) is 6.42 Å². The van der Waals surface area contributed by atoms with E-state index in [0.29, 0.717) is 18.5 Å². The van der Waals surface area contributed by atoms with E-state index in [0.717, 1.165) is 0 Å².